The zero-order chi connectivity index (χ0) is 16.8. The SMILES string of the molecule is Cc1nc(NCCN(CO)C(=O)Nc2ccncc2F)sc1C. The summed E-state index contributed by atoms with van der Waals surface area (Å²) >= 11 is 1.53. The quantitative estimate of drug-likeness (QED) is 0.702. The van der Waals surface area contributed by atoms with Gasteiger partial charge in [-0.3, -0.25) is 9.88 Å². The average molecular weight is 339 g/mol. The van der Waals surface area contributed by atoms with E-state index in [1.165, 1.54) is 23.6 Å². The number of rotatable bonds is 6. The maximum absolute atomic E-state index is 13.5. The number of nitrogens with one attached hydrogen (secondary N) is 2. The van der Waals surface area contributed by atoms with Crippen LogP contribution in [-0.4, -0.2) is 45.8 Å². The monoisotopic (exact) mass is 339 g/mol. The summed E-state index contributed by atoms with van der Waals surface area (Å²) in [5.74, 6) is -0.634. The third-order valence-corrected chi connectivity index (χ3v) is 4.19. The van der Waals surface area contributed by atoms with Crippen molar-refractivity contribution in [3.05, 3.63) is 34.8 Å². The van der Waals surface area contributed by atoms with Crippen molar-refractivity contribution in [3.63, 3.8) is 0 Å². The largest absolute Gasteiger partial charge is 0.376 e. The van der Waals surface area contributed by atoms with E-state index in [2.05, 4.69) is 20.6 Å². The summed E-state index contributed by atoms with van der Waals surface area (Å²) in [6, 6.07) is 0.758. The number of thiazole rings is 1. The van der Waals surface area contributed by atoms with Gasteiger partial charge in [-0.15, -0.1) is 11.3 Å². The Kier molecular flexibility index (Phi) is 5.83. The molecule has 2 rings (SSSR count). The number of hydrogen-bond donors (Lipinski definition) is 3. The van der Waals surface area contributed by atoms with Gasteiger partial charge in [0.05, 0.1) is 17.6 Å². The number of pyridine rings is 1. The second-order valence-corrected chi connectivity index (χ2v) is 5.98. The summed E-state index contributed by atoms with van der Waals surface area (Å²) in [6.07, 6.45) is 2.38. The molecule has 0 fully saturated rings. The zero-order valence-corrected chi connectivity index (χ0v) is 13.7. The lowest BCUT2D eigenvalue weighted by Gasteiger charge is -2.20. The van der Waals surface area contributed by atoms with E-state index >= 15 is 0 Å². The molecule has 0 aliphatic rings. The number of amides is 2. The van der Waals surface area contributed by atoms with Gasteiger partial charge in [0, 0.05) is 24.2 Å². The van der Waals surface area contributed by atoms with E-state index in [0.717, 1.165) is 26.8 Å². The van der Waals surface area contributed by atoms with Gasteiger partial charge in [-0.25, -0.2) is 14.2 Å². The van der Waals surface area contributed by atoms with Gasteiger partial charge in [-0.05, 0) is 19.9 Å². The normalized spacial score (nSPS) is 10.4. The van der Waals surface area contributed by atoms with Gasteiger partial charge in [0.2, 0.25) is 0 Å². The van der Waals surface area contributed by atoms with Crippen LogP contribution >= 0.6 is 11.3 Å². The number of aromatic nitrogens is 2. The van der Waals surface area contributed by atoms with Gasteiger partial charge >= 0.3 is 6.03 Å². The number of halogens is 1. The number of aryl methyl sites for hydroxylation is 2. The second kappa shape index (κ2) is 7.84. The maximum Gasteiger partial charge on any atom is 0.323 e. The molecule has 0 atom stereocenters. The van der Waals surface area contributed by atoms with Gasteiger partial charge in [0.25, 0.3) is 0 Å². The molecule has 2 aromatic rings. The highest BCUT2D eigenvalue weighted by atomic mass is 32.1. The molecule has 0 saturated carbocycles. The molecule has 0 bridgehead atoms. The Morgan fingerprint density at radius 2 is 2.26 bits per heavy atom. The molecule has 7 nitrogen and oxygen atoms in total. The first-order chi connectivity index (χ1) is 11.0. The standard InChI is InChI=1S/C14H18FN5O2S/c1-9-10(2)23-13(18-9)17-5-6-20(8-21)14(22)19-12-3-4-16-7-11(12)15/h3-4,7,21H,5-6,8H2,1-2H3,(H,17,18)(H,16,19,22). The topological polar surface area (TPSA) is 90.4 Å². The second-order valence-electron chi connectivity index (χ2n) is 4.78. The van der Waals surface area contributed by atoms with E-state index in [1.54, 1.807) is 0 Å². The smallest absolute Gasteiger partial charge is 0.323 e. The van der Waals surface area contributed by atoms with Crippen LogP contribution in [0.2, 0.25) is 0 Å². The van der Waals surface area contributed by atoms with E-state index in [0.29, 0.717) is 6.54 Å². The fraction of sp³-hybridized carbons (Fsp3) is 0.357. The number of anilines is 2. The molecule has 0 spiro atoms. The van der Waals surface area contributed by atoms with Crippen LogP contribution in [0.4, 0.5) is 20.0 Å². The molecular formula is C14H18FN5O2S. The molecule has 3 N–H and O–H groups in total. The molecule has 0 aromatic carbocycles. The van der Waals surface area contributed by atoms with Crippen molar-refractivity contribution >= 4 is 28.2 Å². The molecule has 23 heavy (non-hydrogen) atoms. The van der Waals surface area contributed by atoms with Crippen LogP contribution in [0.5, 0.6) is 0 Å². The number of hydrogen-bond acceptors (Lipinski definition) is 6. The highest BCUT2D eigenvalue weighted by Gasteiger charge is 2.14. The van der Waals surface area contributed by atoms with Crippen molar-refractivity contribution in [1.29, 1.82) is 0 Å². The first-order valence-electron chi connectivity index (χ1n) is 6.95. The molecule has 9 heteroatoms. The lowest BCUT2D eigenvalue weighted by molar-refractivity contribution is 0.134. The highest BCUT2D eigenvalue weighted by molar-refractivity contribution is 7.15. The van der Waals surface area contributed by atoms with Crippen LogP contribution in [0, 0.1) is 19.7 Å². The predicted octanol–water partition coefficient (Wildman–Crippen LogP) is 2.19. The van der Waals surface area contributed by atoms with Crippen molar-refractivity contribution in [2.75, 3.05) is 30.5 Å². The number of aliphatic hydroxyl groups is 1. The van der Waals surface area contributed by atoms with Gasteiger partial charge in [0.1, 0.15) is 6.73 Å². The predicted molar refractivity (Wildman–Crippen MR) is 87.1 cm³/mol. The van der Waals surface area contributed by atoms with Crippen LogP contribution in [0.15, 0.2) is 18.5 Å². The van der Waals surface area contributed by atoms with Gasteiger partial charge in [-0.2, -0.15) is 0 Å². The molecule has 0 radical (unpaired) electrons. The Labute approximate surface area is 137 Å². The summed E-state index contributed by atoms with van der Waals surface area (Å²) in [5, 5.41) is 15.6. The summed E-state index contributed by atoms with van der Waals surface area (Å²) < 4.78 is 13.5. The Morgan fingerprint density at radius 3 is 2.87 bits per heavy atom. The molecule has 0 aliphatic heterocycles. The van der Waals surface area contributed by atoms with Crippen molar-refractivity contribution in [3.8, 4) is 0 Å². The summed E-state index contributed by atoms with van der Waals surface area (Å²) in [4.78, 5) is 22.2. The summed E-state index contributed by atoms with van der Waals surface area (Å²) in [5.41, 5.74) is 0.977. The van der Waals surface area contributed by atoms with E-state index < -0.39 is 18.6 Å². The van der Waals surface area contributed by atoms with Gasteiger partial charge < -0.3 is 15.7 Å². The molecular weight excluding hydrogens is 321 g/mol. The molecule has 124 valence electrons. The molecule has 0 unspecified atom stereocenters. The van der Waals surface area contributed by atoms with Gasteiger partial charge in [0.15, 0.2) is 10.9 Å². The summed E-state index contributed by atoms with van der Waals surface area (Å²) in [7, 11) is 0. The first-order valence-corrected chi connectivity index (χ1v) is 7.77. The average Bonchev–Trinajstić information content (AvgIpc) is 2.84. The van der Waals surface area contributed by atoms with Crippen LogP contribution in [0.25, 0.3) is 0 Å². The molecule has 2 aromatic heterocycles. The van der Waals surface area contributed by atoms with E-state index in [4.69, 9.17) is 0 Å². The Hall–Kier alpha value is -2.26. The minimum Gasteiger partial charge on any atom is -0.376 e. The lowest BCUT2D eigenvalue weighted by Crippen LogP contribution is -2.39. The molecule has 2 amide bonds. The first kappa shape index (κ1) is 17.1. The van der Waals surface area contributed by atoms with Crippen molar-refractivity contribution in [2.24, 2.45) is 0 Å². The van der Waals surface area contributed by atoms with Crippen LogP contribution in [-0.2, 0) is 0 Å². The number of aliphatic hydroxyl groups excluding tert-OH is 1. The van der Waals surface area contributed by atoms with E-state index in [9.17, 15) is 14.3 Å². The van der Waals surface area contributed by atoms with Crippen molar-refractivity contribution < 1.29 is 14.3 Å². The third kappa shape index (κ3) is 4.60. The number of carbonyl (C=O) groups excluding carboxylic acids is 1. The Bertz CT molecular complexity index is 659. The lowest BCUT2D eigenvalue weighted by atomic mass is 10.4. The van der Waals surface area contributed by atoms with Crippen LogP contribution in [0.1, 0.15) is 10.6 Å². The summed E-state index contributed by atoms with van der Waals surface area (Å²) in [6.45, 7) is 4.09. The fourth-order valence-corrected chi connectivity index (χ4v) is 2.59. The third-order valence-electron chi connectivity index (χ3n) is 3.16. The van der Waals surface area contributed by atoms with Gasteiger partial charge in [-0.1, -0.05) is 0 Å². The van der Waals surface area contributed by atoms with Crippen molar-refractivity contribution in [1.82, 2.24) is 14.9 Å². The van der Waals surface area contributed by atoms with Crippen LogP contribution in [0.3, 0.4) is 0 Å². The Balaban J connectivity index is 1.86. The Morgan fingerprint density at radius 1 is 1.48 bits per heavy atom. The minimum absolute atomic E-state index is 0.0163. The van der Waals surface area contributed by atoms with Crippen LogP contribution < -0.4 is 10.6 Å². The highest BCUT2D eigenvalue weighted by Crippen LogP contribution is 2.20. The van der Waals surface area contributed by atoms with Crippen molar-refractivity contribution in [2.45, 2.75) is 13.8 Å². The maximum atomic E-state index is 13.5. The molecule has 0 saturated heterocycles. The van der Waals surface area contributed by atoms with E-state index in [1.807, 2.05) is 13.8 Å². The number of carbonyl (C=O) groups is 1. The van der Waals surface area contributed by atoms with E-state index in [-0.39, 0.29) is 12.2 Å². The zero-order valence-electron chi connectivity index (χ0n) is 12.8. The number of urea groups is 1. The molecule has 2 heterocycles. The fourth-order valence-electron chi connectivity index (χ4n) is 1.75. The molecule has 0 aliphatic carbocycles. The number of nitrogens with zero attached hydrogens (tertiary/aromatic N) is 3. The minimum atomic E-state index is -0.634.